The molecule has 0 aliphatic carbocycles. The van der Waals surface area contributed by atoms with Crippen LogP contribution in [0.2, 0.25) is 0 Å². The number of nitrogens with one attached hydrogen (secondary N) is 1. The number of alkyl halides is 2. The van der Waals surface area contributed by atoms with Gasteiger partial charge in [0.05, 0.1) is 11.4 Å². The number of hydrogen-bond acceptors (Lipinski definition) is 4. The minimum atomic E-state index is -2.52. The van der Waals surface area contributed by atoms with E-state index in [4.69, 9.17) is 9.47 Å². The highest BCUT2D eigenvalue weighted by Crippen LogP contribution is 2.31. The van der Waals surface area contributed by atoms with Crippen molar-refractivity contribution < 1.29 is 23.0 Å². The molecule has 26 heavy (non-hydrogen) atoms. The van der Waals surface area contributed by atoms with Crippen LogP contribution < -0.4 is 5.32 Å². The lowest BCUT2D eigenvalue weighted by atomic mass is 9.96. The van der Waals surface area contributed by atoms with Gasteiger partial charge in [0, 0.05) is 25.3 Å². The molecule has 1 N–H and O–H groups in total. The van der Waals surface area contributed by atoms with E-state index in [-0.39, 0.29) is 12.5 Å². The second-order valence-corrected chi connectivity index (χ2v) is 6.11. The molecule has 0 spiro atoms. The van der Waals surface area contributed by atoms with E-state index in [0.717, 1.165) is 18.4 Å². The molecule has 1 aromatic carbocycles. The van der Waals surface area contributed by atoms with Gasteiger partial charge in [-0.05, 0) is 18.4 Å². The molecule has 1 saturated heterocycles. The Kier molecular flexibility index (Phi) is 6.17. The lowest BCUT2D eigenvalue weighted by molar-refractivity contribution is 0.0840. The number of carbonyl (C=O) groups is 1. The van der Waals surface area contributed by atoms with Crippen molar-refractivity contribution in [1.29, 1.82) is 0 Å². The topological polar surface area (TPSA) is 65.4 Å². The van der Waals surface area contributed by atoms with Crippen molar-refractivity contribution in [3.63, 3.8) is 0 Å². The highest BCUT2D eigenvalue weighted by molar-refractivity contribution is 5.85. The molecule has 0 atom stereocenters. The highest BCUT2D eigenvalue weighted by atomic mass is 19.3. The van der Waals surface area contributed by atoms with E-state index >= 15 is 0 Å². The van der Waals surface area contributed by atoms with Crippen molar-refractivity contribution in [2.24, 2.45) is 0 Å². The maximum atomic E-state index is 12.7. The van der Waals surface area contributed by atoms with E-state index in [2.05, 4.69) is 10.4 Å². The first-order valence-electron chi connectivity index (χ1n) is 8.53. The Morgan fingerprint density at radius 3 is 2.73 bits per heavy atom. The second-order valence-electron chi connectivity index (χ2n) is 6.11. The molecule has 1 fully saturated rings. The van der Waals surface area contributed by atoms with E-state index in [9.17, 15) is 13.6 Å². The number of rotatable bonds is 6. The zero-order valence-corrected chi connectivity index (χ0v) is 14.2. The summed E-state index contributed by atoms with van der Waals surface area (Å²) in [4.78, 5) is 12.1. The third-order valence-corrected chi connectivity index (χ3v) is 4.17. The Bertz CT molecular complexity index is 716. The molecule has 0 unspecified atom stereocenters. The van der Waals surface area contributed by atoms with E-state index < -0.39 is 19.1 Å². The number of ether oxygens (including phenoxy) is 2. The number of nitrogens with zero attached hydrogens (tertiary/aromatic N) is 2. The standard InChI is InChI=1S/C18H21F2N3O3/c19-16(20)11-23-10-15(17(22-23)14-6-8-25-9-7-14)21-18(24)26-12-13-4-2-1-3-5-13/h1-5,10,14,16H,6-9,11-12H2,(H,21,24). The van der Waals surface area contributed by atoms with Gasteiger partial charge in [-0.1, -0.05) is 30.3 Å². The molecule has 1 amide bonds. The summed E-state index contributed by atoms with van der Waals surface area (Å²) in [6.45, 7) is 0.788. The molecular formula is C18H21F2N3O3. The zero-order chi connectivity index (χ0) is 18.4. The van der Waals surface area contributed by atoms with Crippen LogP contribution >= 0.6 is 0 Å². The van der Waals surface area contributed by atoms with Crippen molar-refractivity contribution in [1.82, 2.24) is 9.78 Å². The summed E-state index contributed by atoms with van der Waals surface area (Å²) in [6, 6.07) is 9.28. The Hall–Kier alpha value is -2.48. The molecule has 6 nitrogen and oxygen atoms in total. The van der Waals surface area contributed by atoms with E-state index in [1.165, 1.54) is 10.9 Å². The van der Waals surface area contributed by atoms with Gasteiger partial charge in [-0.2, -0.15) is 5.10 Å². The van der Waals surface area contributed by atoms with Gasteiger partial charge in [0.15, 0.2) is 0 Å². The van der Waals surface area contributed by atoms with Gasteiger partial charge in [-0.3, -0.25) is 10.00 Å². The molecule has 1 aliphatic rings. The number of anilines is 1. The van der Waals surface area contributed by atoms with Gasteiger partial charge in [-0.25, -0.2) is 13.6 Å². The minimum Gasteiger partial charge on any atom is -0.444 e. The molecule has 2 heterocycles. The first kappa shape index (κ1) is 18.3. The summed E-state index contributed by atoms with van der Waals surface area (Å²) in [5.74, 6) is 0.0621. The molecule has 2 aromatic rings. The predicted molar refractivity (Wildman–Crippen MR) is 91.3 cm³/mol. The van der Waals surface area contributed by atoms with Crippen LogP contribution in [0.5, 0.6) is 0 Å². The summed E-state index contributed by atoms with van der Waals surface area (Å²) in [6.07, 6.45) is -0.256. The molecular weight excluding hydrogens is 344 g/mol. The normalized spacial score (nSPS) is 15.2. The largest absolute Gasteiger partial charge is 0.444 e. The molecule has 0 bridgehead atoms. The SMILES string of the molecule is O=C(Nc1cn(CC(F)F)nc1C1CCOCC1)OCc1ccccc1. The summed E-state index contributed by atoms with van der Waals surface area (Å²) in [5, 5.41) is 6.90. The summed E-state index contributed by atoms with van der Waals surface area (Å²) in [7, 11) is 0. The lowest BCUT2D eigenvalue weighted by Gasteiger charge is -2.21. The smallest absolute Gasteiger partial charge is 0.412 e. The minimum absolute atomic E-state index is 0.0621. The fraction of sp³-hybridized carbons (Fsp3) is 0.444. The summed E-state index contributed by atoms with van der Waals surface area (Å²) in [5.41, 5.74) is 1.88. The first-order valence-corrected chi connectivity index (χ1v) is 8.53. The molecule has 0 radical (unpaired) electrons. The summed E-state index contributed by atoms with van der Waals surface area (Å²) >= 11 is 0. The fourth-order valence-corrected chi connectivity index (χ4v) is 2.91. The number of amides is 1. The van der Waals surface area contributed by atoms with Gasteiger partial charge >= 0.3 is 6.09 Å². The Labute approximate surface area is 150 Å². The van der Waals surface area contributed by atoms with Crippen molar-refractivity contribution in [3.8, 4) is 0 Å². The van der Waals surface area contributed by atoms with Crippen LogP contribution in [0, 0.1) is 0 Å². The van der Waals surface area contributed by atoms with E-state index in [1.54, 1.807) is 0 Å². The molecule has 1 aromatic heterocycles. The second kappa shape index (κ2) is 8.75. The Morgan fingerprint density at radius 2 is 2.04 bits per heavy atom. The first-order chi connectivity index (χ1) is 12.6. The van der Waals surface area contributed by atoms with Crippen molar-refractivity contribution in [2.45, 2.75) is 38.3 Å². The van der Waals surface area contributed by atoms with Crippen LogP contribution in [0.4, 0.5) is 19.3 Å². The average Bonchev–Trinajstić information content (AvgIpc) is 3.03. The van der Waals surface area contributed by atoms with Gasteiger partial charge in [0.1, 0.15) is 13.2 Å². The third-order valence-electron chi connectivity index (χ3n) is 4.17. The molecule has 3 rings (SSSR count). The number of hydrogen-bond donors (Lipinski definition) is 1. The van der Waals surface area contributed by atoms with Gasteiger partial charge < -0.3 is 9.47 Å². The zero-order valence-electron chi connectivity index (χ0n) is 14.2. The number of halogens is 2. The number of benzene rings is 1. The maximum Gasteiger partial charge on any atom is 0.412 e. The van der Waals surface area contributed by atoms with Crippen molar-refractivity contribution in [3.05, 3.63) is 47.8 Å². The average molecular weight is 365 g/mol. The lowest BCUT2D eigenvalue weighted by Crippen LogP contribution is -2.18. The monoisotopic (exact) mass is 365 g/mol. The Morgan fingerprint density at radius 1 is 1.31 bits per heavy atom. The van der Waals surface area contributed by atoms with Crippen LogP contribution in [0.1, 0.15) is 30.0 Å². The van der Waals surface area contributed by atoms with Crippen LogP contribution in [0.25, 0.3) is 0 Å². The molecule has 0 saturated carbocycles. The Balaban J connectivity index is 1.68. The molecule has 1 aliphatic heterocycles. The van der Waals surface area contributed by atoms with Crippen LogP contribution in [-0.4, -0.2) is 35.5 Å². The predicted octanol–water partition coefficient (Wildman–Crippen LogP) is 3.79. The number of aromatic nitrogens is 2. The number of carbonyl (C=O) groups excluding carboxylic acids is 1. The van der Waals surface area contributed by atoms with Crippen molar-refractivity contribution >= 4 is 11.8 Å². The maximum absolute atomic E-state index is 12.7. The van der Waals surface area contributed by atoms with Crippen LogP contribution in [-0.2, 0) is 22.6 Å². The van der Waals surface area contributed by atoms with E-state index in [0.29, 0.717) is 24.6 Å². The fourth-order valence-electron chi connectivity index (χ4n) is 2.91. The molecule has 140 valence electrons. The van der Waals surface area contributed by atoms with Gasteiger partial charge in [-0.15, -0.1) is 0 Å². The van der Waals surface area contributed by atoms with Crippen molar-refractivity contribution in [2.75, 3.05) is 18.5 Å². The molecule has 8 heteroatoms. The third kappa shape index (κ3) is 5.01. The van der Waals surface area contributed by atoms with Crippen LogP contribution in [0.15, 0.2) is 36.5 Å². The highest BCUT2D eigenvalue weighted by Gasteiger charge is 2.24. The van der Waals surface area contributed by atoms with Gasteiger partial charge in [0.2, 0.25) is 0 Å². The van der Waals surface area contributed by atoms with E-state index in [1.807, 2.05) is 30.3 Å². The van der Waals surface area contributed by atoms with Gasteiger partial charge in [0.25, 0.3) is 6.43 Å². The van der Waals surface area contributed by atoms with Crippen LogP contribution in [0.3, 0.4) is 0 Å². The quantitative estimate of drug-likeness (QED) is 0.846. The summed E-state index contributed by atoms with van der Waals surface area (Å²) < 4.78 is 37.1.